The molecule has 0 aromatic heterocycles. The van der Waals surface area contributed by atoms with Crippen LogP contribution in [-0.4, -0.2) is 10.6 Å². The van der Waals surface area contributed by atoms with Crippen LogP contribution in [0, 0.1) is 0 Å². The summed E-state index contributed by atoms with van der Waals surface area (Å²) in [5.74, 6) is 0.0455. The molecule has 0 spiro atoms. The van der Waals surface area contributed by atoms with Crippen LogP contribution in [0.2, 0.25) is 5.02 Å². The zero-order valence-corrected chi connectivity index (χ0v) is 8.78. The van der Waals surface area contributed by atoms with Gasteiger partial charge in [0.05, 0.1) is 0 Å². The van der Waals surface area contributed by atoms with Crippen LogP contribution < -0.4 is 0 Å². The Morgan fingerprint density at radius 1 is 1.38 bits per heavy atom. The molecule has 0 atom stereocenters. The van der Waals surface area contributed by atoms with E-state index in [2.05, 4.69) is 0 Å². The maximum atomic E-state index is 11.4. The van der Waals surface area contributed by atoms with Gasteiger partial charge in [-0.15, -0.1) is 0 Å². The van der Waals surface area contributed by atoms with Gasteiger partial charge in [-0.05, 0) is 36.1 Å². The highest BCUT2D eigenvalue weighted by atomic mass is 35.5. The van der Waals surface area contributed by atoms with Crippen LogP contribution in [0.4, 0.5) is 0 Å². The van der Waals surface area contributed by atoms with Gasteiger partial charge in [-0.2, -0.15) is 0 Å². The summed E-state index contributed by atoms with van der Waals surface area (Å²) >= 11 is 10.5. The van der Waals surface area contributed by atoms with E-state index in [9.17, 15) is 4.79 Å². The van der Waals surface area contributed by atoms with Crippen LogP contribution in [0.5, 0.6) is 0 Å². The molecule has 1 nitrogen and oxygen atoms in total. The molecular formula is C10H9ClOS. The van der Waals surface area contributed by atoms with Crippen molar-refractivity contribution in [2.45, 2.75) is 13.3 Å². The number of halogens is 1. The third kappa shape index (κ3) is 3.25. The number of carbonyl (C=O) groups is 1. The Morgan fingerprint density at radius 3 is 2.38 bits per heavy atom. The Kier molecular flexibility index (Phi) is 3.58. The number of rotatable bonds is 3. The highest BCUT2D eigenvalue weighted by molar-refractivity contribution is 7.80. The second-order valence-electron chi connectivity index (χ2n) is 2.81. The Morgan fingerprint density at radius 2 is 1.92 bits per heavy atom. The molecule has 3 heteroatoms. The number of Topliss-reactive ketones (excluding diaryl/α,β-unsaturated/α-hetero) is 1. The predicted octanol–water partition coefficient (Wildman–Crippen LogP) is 3.30. The molecule has 0 bridgehead atoms. The normalized spacial score (nSPS) is 9.69. The number of ketones is 1. The van der Waals surface area contributed by atoms with Crippen molar-refractivity contribution in [1.29, 1.82) is 0 Å². The van der Waals surface area contributed by atoms with Crippen molar-refractivity contribution >= 4 is 34.5 Å². The summed E-state index contributed by atoms with van der Waals surface area (Å²) in [6.45, 7) is 1.77. The first-order valence-electron chi connectivity index (χ1n) is 3.88. The summed E-state index contributed by atoms with van der Waals surface area (Å²) in [6, 6.07) is 6.83. The van der Waals surface area contributed by atoms with Crippen LogP contribution in [0.25, 0.3) is 0 Å². The van der Waals surface area contributed by atoms with Gasteiger partial charge in [0.15, 0.2) is 5.78 Å². The Balaban J connectivity index is 2.78. The number of benzene rings is 1. The zero-order valence-electron chi connectivity index (χ0n) is 7.21. The largest absolute Gasteiger partial charge is 0.294 e. The first kappa shape index (κ1) is 10.4. The standard InChI is InChI=1S/C10H9ClOS/c1-7(13)6-10(12)8-2-4-9(11)5-3-8/h2-5H,6H2,1H3. The highest BCUT2D eigenvalue weighted by Crippen LogP contribution is 2.11. The van der Waals surface area contributed by atoms with Crippen molar-refractivity contribution < 1.29 is 4.79 Å². The number of carbonyl (C=O) groups excluding carboxylic acids is 1. The van der Waals surface area contributed by atoms with E-state index in [0.717, 1.165) is 0 Å². The van der Waals surface area contributed by atoms with Crippen molar-refractivity contribution in [3.05, 3.63) is 34.9 Å². The van der Waals surface area contributed by atoms with E-state index in [1.165, 1.54) is 0 Å². The van der Waals surface area contributed by atoms with E-state index in [-0.39, 0.29) is 5.78 Å². The Labute approximate surface area is 87.7 Å². The summed E-state index contributed by atoms with van der Waals surface area (Å²) < 4.78 is 0. The van der Waals surface area contributed by atoms with Crippen LogP contribution in [0.3, 0.4) is 0 Å². The Hall–Kier alpha value is -0.730. The molecule has 0 N–H and O–H groups in total. The maximum Gasteiger partial charge on any atom is 0.167 e. The van der Waals surface area contributed by atoms with Gasteiger partial charge >= 0.3 is 0 Å². The molecule has 0 radical (unpaired) electrons. The fourth-order valence-corrected chi connectivity index (χ4v) is 1.22. The number of hydrogen-bond donors (Lipinski definition) is 0. The molecule has 1 aromatic carbocycles. The average molecular weight is 213 g/mol. The zero-order chi connectivity index (χ0) is 9.84. The van der Waals surface area contributed by atoms with E-state index < -0.39 is 0 Å². The van der Waals surface area contributed by atoms with E-state index >= 15 is 0 Å². The van der Waals surface area contributed by atoms with Gasteiger partial charge < -0.3 is 0 Å². The summed E-state index contributed by atoms with van der Waals surface area (Å²) in [4.78, 5) is 12.1. The van der Waals surface area contributed by atoms with Gasteiger partial charge in [-0.25, -0.2) is 0 Å². The number of hydrogen-bond acceptors (Lipinski definition) is 2. The van der Waals surface area contributed by atoms with E-state index in [0.29, 0.717) is 21.9 Å². The van der Waals surface area contributed by atoms with Crippen molar-refractivity contribution in [3.8, 4) is 0 Å². The van der Waals surface area contributed by atoms with Gasteiger partial charge in [0, 0.05) is 17.0 Å². The van der Waals surface area contributed by atoms with Gasteiger partial charge in [0.2, 0.25) is 0 Å². The molecule has 0 unspecified atom stereocenters. The van der Waals surface area contributed by atoms with Gasteiger partial charge in [0.25, 0.3) is 0 Å². The van der Waals surface area contributed by atoms with Crippen LogP contribution in [0.1, 0.15) is 23.7 Å². The summed E-state index contributed by atoms with van der Waals surface area (Å²) in [5.41, 5.74) is 0.661. The minimum Gasteiger partial charge on any atom is -0.294 e. The third-order valence-electron chi connectivity index (χ3n) is 1.58. The third-order valence-corrected chi connectivity index (χ3v) is 1.97. The molecule has 68 valence electrons. The second kappa shape index (κ2) is 4.49. The maximum absolute atomic E-state index is 11.4. The van der Waals surface area contributed by atoms with E-state index in [4.69, 9.17) is 23.8 Å². The van der Waals surface area contributed by atoms with Crippen molar-refractivity contribution in [1.82, 2.24) is 0 Å². The predicted molar refractivity (Wildman–Crippen MR) is 58.7 cm³/mol. The molecule has 0 aliphatic rings. The summed E-state index contributed by atoms with van der Waals surface area (Å²) in [6.07, 6.45) is 0.330. The summed E-state index contributed by atoms with van der Waals surface area (Å²) in [7, 11) is 0. The lowest BCUT2D eigenvalue weighted by atomic mass is 10.1. The van der Waals surface area contributed by atoms with E-state index in [1.807, 2.05) is 0 Å². The molecular weight excluding hydrogens is 204 g/mol. The van der Waals surface area contributed by atoms with E-state index in [1.54, 1.807) is 31.2 Å². The van der Waals surface area contributed by atoms with Crippen LogP contribution in [0.15, 0.2) is 24.3 Å². The monoisotopic (exact) mass is 212 g/mol. The van der Waals surface area contributed by atoms with Crippen LogP contribution >= 0.6 is 23.8 Å². The smallest absolute Gasteiger partial charge is 0.167 e. The first-order valence-corrected chi connectivity index (χ1v) is 4.66. The van der Waals surface area contributed by atoms with Gasteiger partial charge in [0.1, 0.15) is 0 Å². The average Bonchev–Trinajstić information content (AvgIpc) is 2.04. The molecule has 0 aliphatic heterocycles. The number of thiocarbonyl (C=S) groups is 1. The molecule has 1 rings (SSSR count). The minimum absolute atomic E-state index is 0.0455. The van der Waals surface area contributed by atoms with Crippen LogP contribution in [-0.2, 0) is 0 Å². The highest BCUT2D eigenvalue weighted by Gasteiger charge is 2.05. The second-order valence-corrected chi connectivity index (χ2v) is 3.94. The molecule has 0 saturated heterocycles. The fraction of sp³-hybridized carbons (Fsp3) is 0.200. The molecule has 1 aromatic rings. The fourth-order valence-electron chi connectivity index (χ4n) is 0.964. The lowest BCUT2D eigenvalue weighted by molar-refractivity contribution is 0.100. The molecule has 0 fully saturated rings. The Bertz CT molecular complexity index is 329. The molecule has 0 aliphatic carbocycles. The first-order chi connectivity index (χ1) is 6.09. The molecule has 13 heavy (non-hydrogen) atoms. The van der Waals surface area contributed by atoms with Gasteiger partial charge in [-0.1, -0.05) is 23.8 Å². The quantitative estimate of drug-likeness (QED) is 0.565. The topological polar surface area (TPSA) is 17.1 Å². The van der Waals surface area contributed by atoms with Gasteiger partial charge in [-0.3, -0.25) is 4.79 Å². The lowest BCUT2D eigenvalue weighted by Gasteiger charge is -1.98. The SMILES string of the molecule is CC(=S)CC(=O)c1ccc(Cl)cc1. The minimum atomic E-state index is 0.0455. The van der Waals surface area contributed by atoms with Crippen molar-refractivity contribution in [2.75, 3.05) is 0 Å². The van der Waals surface area contributed by atoms with Crippen molar-refractivity contribution in [3.63, 3.8) is 0 Å². The lowest BCUT2D eigenvalue weighted by Crippen LogP contribution is -2.02. The molecule has 0 amide bonds. The molecule has 0 heterocycles. The molecule has 0 saturated carbocycles. The van der Waals surface area contributed by atoms with Crippen molar-refractivity contribution in [2.24, 2.45) is 0 Å². The summed E-state index contributed by atoms with van der Waals surface area (Å²) in [5, 5.41) is 0.635.